The highest BCUT2D eigenvalue weighted by Gasteiger charge is 2.32. The number of nitrogens with one attached hydrogen (secondary N) is 1. The Bertz CT molecular complexity index is 711. The largest absolute Gasteiger partial charge is 0.453 e. The molecular weight excluding hydrogens is 281 g/mol. The van der Waals surface area contributed by atoms with Gasteiger partial charge in [0, 0.05) is 6.54 Å². The van der Waals surface area contributed by atoms with Crippen molar-refractivity contribution in [2.24, 2.45) is 5.73 Å². The maximum atomic E-state index is 12.7. The van der Waals surface area contributed by atoms with Gasteiger partial charge in [-0.15, -0.1) is 0 Å². The molecule has 110 valence electrons. The lowest BCUT2D eigenvalue weighted by Crippen LogP contribution is -2.09. The number of alkyl halides is 3. The van der Waals surface area contributed by atoms with Crippen LogP contribution in [0.5, 0.6) is 11.5 Å². The quantitative estimate of drug-likeness (QED) is 0.702. The Morgan fingerprint density at radius 2 is 1.81 bits per heavy atom. The molecule has 0 saturated heterocycles. The van der Waals surface area contributed by atoms with Gasteiger partial charge in [-0.05, 0) is 48.4 Å². The summed E-state index contributed by atoms with van der Waals surface area (Å²) in [4.78, 5) is 0. The van der Waals surface area contributed by atoms with Gasteiger partial charge < -0.3 is 15.8 Å². The van der Waals surface area contributed by atoms with Crippen molar-refractivity contribution in [1.82, 2.24) is 0 Å². The van der Waals surface area contributed by atoms with E-state index < -0.39 is 11.7 Å². The highest BCUT2D eigenvalue weighted by Crippen LogP contribution is 2.45. The number of benzene rings is 2. The van der Waals surface area contributed by atoms with Crippen LogP contribution in [0, 0.1) is 6.92 Å². The molecule has 2 aromatic carbocycles. The molecule has 0 unspecified atom stereocenters. The summed E-state index contributed by atoms with van der Waals surface area (Å²) < 4.78 is 43.8. The van der Waals surface area contributed by atoms with Crippen molar-refractivity contribution in [3.05, 3.63) is 47.0 Å². The molecule has 3 nitrogen and oxygen atoms in total. The molecule has 0 amide bonds. The SMILES string of the molecule is Cc1cc2c(cc1CN)Oc1cc(C(F)(F)F)ccc1N2. The van der Waals surface area contributed by atoms with Crippen molar-refractivity contribution in [3.8, 4) is 11.5 Å². The van der Waals surface area contributed by atoms with E-state index in [0.717, 1.165) is 28.9 Å². The summed E-state index contributed by atoms with van der Waals surface area (Å²) in [6.45, 7) is 2.27. The predicted octanol–water partition coefficient (Wildman–Crippen LogP) is 4.32. The van der Waals surface area contributed by atoms with Crippen molar-refractivity contribution in [2.45, 2.75) is 19.6 Å². The molecule has 0 fully saturated rings. The molecule has 0 saturated carbocycles. The Morgan fingerprint density at radius 1 is 1.10 bits per heavy atom. The van der Waals surface area contributed by atoms with Crippen molar-refractivity contribution >= 4 is 11.4 Å². The number of anilines is 2. The predicted molar refractivity (Wildman–Crippen MR) is 73.9 cm³/mol. The zero-order valence-corrected chi connectivity index (χ0v) is 11.2. The highest BCUT2D eigenvalue weighted by atomic mass is 19.4. The molecular formula is C15H13F3N2O. The second-order valence-electron chi connectivity index (χ2n) is 4.91. The van der Waals surface area contributed by atoms with E-state index in [1.54, 1.807) is 6.07 Å². The van der Waals surface area contributed by atoms with E-state index in [4.69, 9.17) is 10.5 Å². The smallest absolute Gasteiger partial charge is 0.416 e. The summed E-state index contributed by atoms with van der Waals surface area (Å²) >= 11 is 0. The standard InChI is InChI=1S/C15H13F3N2O/c1-8-4-12-13(5-9(8)7-19)21-14-6-10(15(16,17)18)2-3-11(14)20-12/h2-6,20H,7,19H2,1H3. The molecule has 1 heterocycles. The molecule has 1 aliphatic heterocycles. The van der Waals surface area contributed by atoms with Gasteiger partial charge in [-0.25, -0.2) is 0 Å². The van der Waals surface area contributed by atoms with Gasteiger partial charge in [-0.3, -0.25) is 0 Å². The monoisotopic (exact) mass is 294 g/mol. The van der Waals surface area contributed by atoms with E-state index in [0.29, 0.717) is 18.0 Å². The van der Waals surface area contributed by atoms with Crippen molar-refractivity contribution in [2.75, 3.05) is 5.32 Å². The average Bonchev–Trinajstić information content (AvgIpc) is 2.43. The minimum Gasteiger partial charge on any atom is -0.453 e. The third kappa shape index (κ3) is 2.42. The van der Waals surface area contributed by atoms with Gasteiger partial charge in [0.15, 0.2) is 11.5 Å². The Kier molecular flexibility index (Phi) is 3.06. The lowest BCUT2D eigenvalue weighted by atomic mass is 10.1. The van der Waals surface area contributed by atoms with E-state index in [1.807, 2.05) is 13.0 Å². The van der Waals surface area contributed by atoms with Crippen LogP contribution >= 0.6 is 0 Å². The van der Waals surface area contributed by atoms with Gasteiger partial charge in [0.05, 0.1) is 16.9 Å². The van der Waals surface area contributed by atoms with Crippen LogP contribution in [0.4, 0.5) is 24.5 Å². The number of halogens is 3. The van der Waals surface area contributed by atoms with Crippen LogP contribution in [0.25, 0.3) is 0 Å². The Morgan fingerprint density at radius 3 is 2.48 bits per heavy atom. The number of aryl methyl sites for hydroxylation is 1. The van der Waals surface area contributed by atoms with Gasteiger partial charge in [0.25, 0.3) is 0 Å². The Hall–Kier alpha value is -2.21. The average molecular weight is 294 g/mol. The van der Waals surface area contributed by atoms with Gasteiger partial charge in [0.2, 0.25) is 0 Å². The lowest BCUT2D eigenvalue weighted by Gasteiger charge is -2.24. The minimum absolute atomic E-state index is 0.157. The van der Waals surface area contributed by atoms with E-state index >= 15 is 0 Å². The Labute approximate surface area is 119 Å². The molecule has 1 aliphatic rings. The fraction of sp³-hybridized carbons (Fsp3) is 0.200. The molecule has 0 bridgehead atoms. The van der Waals surface area contributed by atoms with Crippen molar-refractivity contribution in [3.63, 3.8) is 0 Å². The molecule has 2 aromatic rings. The molecule has 0 aromatic heterocycles. The first kappa shape index (κ1) is 13.8. The third-order valence-corrected chi connectivity index (χ3v) is 3.46. The van der Waals surface area contributed by atoms with Gasteiger partial charge >= 0.3 is 6.18 Å². The summed E-state index contributed by atoms with van der Waals surface area (Å²) in [5, 5.41) is 3.08. The minimum atomic E-state index is -4.39. The number of rotatable bonds is 1. The first-order valence-corrected chi connectivity index (χ1v) is 6.38. The number of hydrogen-bond acceptors (Lipinski definition) is 3. The number of hydrogen-bond donors (Lipinski definition) is 2. The first-order valence-electron chi connectivity index (χ1n) is 6.38. The van der Waals surface area contributed by atoms with Gasteiger partial charge in [-0.2, -0.15) is 13.2 Å². The highest BCUT2D eigenvalue weighted by molar-refractivity contribution is 5.76. The number of fused-ring (bicyclic) bond motifs is 2. The third-order valence-electron chi connectivity index (χ3n) is 3.46. The molecule has 6 heteroatoms. The van der Waals surface area contributed by atoms with E-state index in [9.17, 15) is 13.2 Å². The molecule has 3 N–H and O–H groups in total. The zero-order chi connectivity index (χ0) is 15.2. The summed E-state index contributed by atoms with van der Waals surface area (Å²) in [5.74, 6) is 0.636. The molecule has 21 heavy (non-hydrogen) atoms. The van der Waals surface area contributed by atoms with E-state index in [1.165, 1.54) is 6.07 Å². The summed E-state index contributed by atoms with van der Waals surface area (Å²) in [6.07, 6.45) is -4.39. The number of ether oxygens (including phenoxy) is 1. The van der Waals surface area contributed by atoms with Gasteiger partial charge in [0.1, 0.15) is 0 Å². The normalized spacial score (nSPS) is 13.0. The maximum absolute atomic E-state index is 12.7. The van der Waals surface area contributed by atoms with E-state index in [2.05, 4.69) is 5.32 Å². The molecule has 0 atom stereocenters. The number of nitrogens with two attached hydrogens (primary N) is 1. The Balaban J connectivity index is 2.03. The first-order chi connectivity index (χ1) is 9.88. The van der Waals surface area contributed by atoms with Gasteiger partial charge in [-0.1, -0.05) is 0 Å². The lowest BCUT2D eigenvalue weighted by molar-refractivity contribution is -0.137. The summed E-state index contributed by atoms with van der Waals surface area (Å²) in [6, 6.07) is 7.01. The second-order valence-corrected chi connectivity index (χ2v) is 4.91. The van der Waals surface area contributed by atoms with Crippen molar-refractivity contribution < 1.29 is 17.9 Å². The van der Waals surface area contributed by atoms with Crippen LogP contribution in [-0.2, 0) is 12.7 Å². The van der Waals surface area contributed by atoms with Crippen LogP contribution in [0.15, 0.2) is 30.3 Å². The van der Waals surface area contributed by atoms with Crippen LogP contribution in [0.3, 0.4) is 0 Å². The van der Waals surface area contributed by atoms with Crippen LogP contribution in [0.2, 0.25) is 0 Å². The van der Waals surface area contributed by atoms with Crippen LogP contribution in [-0.4, -0.2) is 0 Å². The van der Waals surface area contributed by atoms with Crippen LogP contribution in [0.1, 0.15) is 16.7 Å². The molecule has 0 spiro atoms. The fourth-order valence-electron chi connectivity index (χ4n) is 2.28. The summed E-state index contributed by atoms with van der Waals surface area (Å²) in [7, 11) is 0. The fourth-order valence-corrected chi connectivity index (χ4v) is 2.28. The van der Waals surface area contributed by atoms with Crippen LogP contribution < -0.4 is 15.8 Å². The van der Waals surface area contributed by atoms with Crippen molar-refractivity contribution in [1.29, 1.82) is 0 Å². The second kappa shape index (κ2) is 4.66. The maximum Gasteiger partial charge on any atom is 0.416 e. The molecule has 0 radical (unpaired) electrons. The molecule has 3 rings (SSSR count). The van der Waals surface area contributed by atoms with E-state index in [-0.39, 0.29) is 5.75 Å². The topological polar surface area (TPSA) is 47.3 Å². The zero-order valence-electron chi connectivity index (χ0n) is 11.2. The summed E-state index contributed by atoms with van der Waals surface area (Å²) in [5.41, 5.74) is 8.02. The molecule has 0 aliphatic carbocycles.